The first-order chi connectivity index (χ1) is 9.37. The molecule has 1 aliphatic rings. The second-order valence-corrected chi connectivity index (χ2v) is 5.53. The summed E-state index contributed by atoms with van der Waals surface area (Å²) in [7, 11) is 1.71. The van der Waals surface area contributed by atoms with Crippen LogP contribution < -0.4 is 16.0 Å². The Labute approximate surface area is 116 Å². The summed E-state index contributed by atoms with van der Waals surface area (Å²) in [5.41, 5.74) is 5.09. The molecular formula is C14H19F2N3O. The number of anilines is 1. The molecule has 6 heteroatoms. The predicted molar refractivity (Wildman–Crippen MR) is 73.3 cm³/mol. The number of halogens is 2. The molecule has 1 fully saturated rings. The van der Waals surface area contributed by atoms with Gasteiger partial charge in [0.15, 0.2) is 0 Å². The van der Waals surface area contributed by atoms with E-state index in [0.29, 0.717) is 25.1 Å². The number of nitrogens with one attached hydrogen (secondary N) is 1. The van der Waals surface area contributed by atoms with Crippen LogP contribution >= 0.6 is 0 Å². The van der Waals surface area contributed by atoms with Crippen molar-refractivity contribution in [3.05, 3.63) is 29.3 Å². The van der Waals surface area contributed by atoms with Gasteiger partial charge in [-0.15, -0.1) is 0 Å². The summed E-state index contributed by atoms with van der Waals surface area (Å²) in [5, 5.41) is 2.85. The van der Waals surface area contributed by atoms with Gasteiger partial charge in [-0.1, -0.05) is 0 Å². The lowest BCUT2D eigenvalue weighted by Gasteiger charge is -2.23. The fourth-order valence-corrected chi connectivity index (χ4v) is 2.58. The predicted octanol–water partition coefficient (Wildman–Crippen LogP) is 1.39. The first-order valence-corrected chi connectivity index (χ1v) is 6.55. The number of carbonyl (C=O) groups is 1. The van der Waals surface area contributed by atoms with Crippen LogP contribution in [0.1, 0.15) is 18.9 Å². The van der Waals surface area contributed by atoms with Crippen LogP contribution in [0.4, 0.5) is 14.5 Å². The van der Waals surface area contributed by atoms with Crippen LogP contribution in [0.25, 0.3) is 0 Å². The topological polar surface area (TPSA) is 58.4 Å². The zero-order valence-electron chi connectivity index (χ0n) is 11.7. The van der Waals surface area contributed by atoms with Crippen LogP contribution in [0.5, 0.6) is 0 Å². The molecule has 0 saturated carbocycles. The van der Waals surface area contributed by atoms with Gasteiger partial charge in [0.1, 0.15) is 17.3 Å². The third-order valence-corrected chi connectivity index (χ3v) is 3.84. The summed E-state index contributed by atoms with van der Waals surface area (Å²) in [6, 6.07) is 2.63. The lowest BCUT2D eigenvalue weighted by Crippen LogP contribution is -2.37. The molecule has 1 aromatic carbocycles. The van der Waals surface area contributed by atoms with Gasteiger partial charge in [0.25, 0.3) is 0 Å². The van der Waals surface area contributed by atoms with Crippen LogP contribution in [0.2, 0.25) is 0 Å². The molecule has 0 radical (unpaired) electrons. The molecule has 1 aromatic rings. The molecule has 1 atom stereocenters. The van der Waals surface area contributed by atoms with Crippen molar-refractivity contribution in [3.63, 3.8) is 0 Å². The molecule has 1 heterocycles. The van der Waals surface area contributed by atoms with Crippen molar-refractivity contribution in [2.24, 2.45) is 11.1 Å². The Morgan fingerprint density at radius 1 is 1.45 bits per heavy atom. The maximum absolute atomic E-state index is 14.1. The Morgan fingerprint density at radius 3 is 2.50 bits per heavy atom. The molecule has 0 spiro atoms. The minimum absolute atomic E-state index is 0.0742. The van der Waals surface area contributed by atoms with Crippen LogP contribution in [0.3, 0.4) is 0 Å². The smallest absolute Gasteiger partial charge is 0.225 e. The van der Waals surface area contributed by atoms with Crippen molar-refractivity contribution in [1.29, 1.82) is 0 Å². The molecule has 110 valence electrons. The minimum Gasteiger partial charge on any atom is -0.369 e. The Balaban J connectivity index is 2.29. The molecule has 4 nitrogen and oxygen atoms in total. The molecule has 0 aliphatic carbocycles. The molecule has 1 aliphatic heterocycles. The Hall–Kier alpha value is -1.69. The number of benzene rings is 1. The van der Waals surface area contributed by atoms with E-state index in [4.69, 9.17) is 5.73 Å². The van der Waals surface area contributed by atoms with E-state index in [0.717, 1.165) is 0 Å². The average molecular weight is 283 g/mol. The SMILES string of the molecule is CNCc1cc(F)c(N2CCC(C)(C(N)=O)C2)c(F)c1. The van der Waals surface area contributed by atoms with Gasteiger partial charge in [-0.25, -0.2) is 8.78 Å². The number of amides is 1. The number of hydrogen-bond donors (Lipinski definition) is 2. The zero-order valence-corrected chi connectivity index (χ0v) is 11.7. The van der Waals surface area contributed by atoms with E-state index in [-0.39, 0.29) is 12.2 Å². The van der Waals surface area contributed by atoms with E-state index in [2.05, 4.69) is 5.32 Å². The lowest BCUT2D eigenvalue weighted by atomic mass is 9.89. The van der Waals surface area contributed by atoms with Crippen molar-refractivity contribution < 1.29 is 13.6 Å². The summed E-state index contributed by atoms with van der Waals surface area (Å²) < 4.78 is 28.2. The van der Waals surface area contributed by atoms with Gasteiger partial charge >= 0.3 is 0 Å². The molecule has 1 saturated heterocycles. The van der Waals surface area contributed by atoms with Crippen LogP contribution in [-0.4, -0.2) is 26.0 Å². The Bertz CT molecular complexity index is 512. The summed E-state index contributed by atoms with van der Waals surface area (Å²) >= 11 is 0. The second-order valence-electron chi connectivity index (χ2n) is 5.53. The molecule has 1 unspecified atom stereocenters. The normalized spacial score (nSPS) is 22.3. The van der Waals surface area contributed by atoms with Crippen molar-refractivity contribution in [1.82, 2.24) is 5.32 Å². The second kappa shape index (κ2) is 5.36. The Kier molecular flexibility index (Phi) is 3.94. The maximum atomic E-state index is 14.1. The van der Waals surface area contributed by atoms with E-state index >= 15 is 0 Å². The standard InChI is InChI=1S/C14H19F2N3O/c1-14(13(17)20)3-4-19(8-14)12-10(15)5-9(7-18-2)6-11(12)16/h5-6,18H,3-4,7-8H2,1-2H3,(H2,17,20). The number of hydrogen-bond acceptors (Lipinski definition) is 3. The van der Waals surface area contributed by atoms with Gasteiger partial charge in [-0.3, -0.25) is 4.79 Å². The van der Waals surface area contributed by atoms with E-state index < -0.39 is 23.0 Å². The highest BCUT2D eigenvalue weighted by Crippen LogP contribution is 2.35. The van der Waals surface area contributed by atoms with Crippen molar-refractivity contribution in [3.8, 4) is 0 Å². The van der Waals surface area contributed by atoms with E-state index in [9.17, 15) is 13.6 Å². The van der Waals surface area contributed by atoms with Gasteiger partial charge in [0.2, 0.25) is 5.91 Å². The van der Waals surface area contributed by atoms with Crippen molar-refractivity contribution >= 4 is 11.6 Å². The van der Waals surface area contributed by atoms with E-state index in [1.807, 2.05) is 0 Å². The average Bonchev–Trinajstić information content (AvgIpc) is 2.73. The Morgan fingerprint density at radius 2 is 2.05 bits per heavy atom. The molecule has 0 aromatic heterocycles. The van der Waals surface area contributed by atoms with Crippen molar-refractivity contribution in [2.75, 3.05) is 25.0 Å². The summed E-state index contributed by atoms with van der Waals surface area (Å²) in [5.74, 6) is -1.65. The highest BCUT2D eigenvalue weighted by atomic mass is 19.1. The van der Waals surface area contributed by atoms with E-state index in [1.54, 1.807) is 18.9 Å². The van der Waals surface area contributed by atoms with E-state index in [1.165, 1.54) is 12.1 Å². The van der Waals surface area contributed by atoms with Gasteiger partial charge in [0, 0.05) is 19.6 Å². The number of carbonyl (C=O) groups excluding carboxylic acids is 1. The maximum Gasteiger partial charge on any atom is 0.225 e. The number of rotatable bonds is 4. The minimum atomic E-state index is -0.734. The summed E-state index contributed by atoms with van der Waals surface area (Å²) in [6.07, 6.45) is 0.499. The third kappa shape index (κ3) is 2.60. The molecule has 1 amide bonds. The number of nitrogens with two attached hydrogens (primary N) is 1. The fourth-order valence-electron chi connectivity index (χ4n) is 2.58. The molecule has 3 N–H and O–H groups in total. The molecule has 2 rings (SSSR count). The molecule has 0 bridgehead atoms. The lowest BCUT2D eigenvalue weighted by molar-refractivity contribution is -0.125. The summed E-state index contributed by atoms with van der Waals surface area (Å²) in [4.78, 5) is 13.0. The van der Waals surface area contributed by atoms with Crippen LogP contribution in [0.15, 0.2) is 12.1 Å². The monoisotopic (exact) mass is 283 g/mol. The highest BCUT2D eigenvalue weighted by Gasteiger charge is 2.40. The largest absolute Gasteiger partial charge is 0.369 e. The summed E-state index contributed by atoms with van der Waals surface area (Å²) in [6.45, 7) is 2.77. The van der Waals surface area contributed by atoms with Gasteiger partial charge in [-0.2, -0.15) is 0 Å². The third-order valence-electron chi connectivity index (χ3n) is 3.84. The first kappa shape index (κ1) is 14.7. The molecule has 20 heavy (non-hydrogen) atoms. The van der Waals surface area contributed by atoms with Crippen molar-refractivity contribution in [2.45, 2.75) is 19.9 Å². The highest BCUT2D eigenvalue weighted by molar-refractivity contribution is 5.82. The van der Waals surface area contributed by atoms with Crippen LogP contribution in [0, 0.1) is 17.0 Å². The van der Waals surface area contributed by atoms with Gasteiger partial charge in [-0.05, 0) is 38.1 Å². The van der Waals surface area contributed by atoms with Crippen LogP contribution in [-0.2, 0) is 11.3 Å². The molecular weight excluding hydrogens is 264 g/mol. The number of nitrogens with zero attached hydrogens (tertiary/aromatic N) is 1. The quantitative estimate of drug-likeness (QED) is 0.878. The van der Waals surface area contributed by atoms with Gasteiger partial charge in [0.05, 0.1) is 5.41 Å². The fraction of sp³-hybridized carbons (Fsp3) is 0.500. The zero-order chi connectivity index (χ0) is 14.9. The number of primary amides is 1. The first-order valence-electron chi connectivity index (χ1n) is 6.55. The van der Waals surface area contributed by atoms with Gasteiger partial charge < -0.3 is 16.0 Å².